The molecule has 4 bridgehead atoms. The van der Waals surface area contributed by atoms with E-state index >= 15 is 4.79 Å². The number of likely N-dealkylation sites (N-methyl/N-ethyl adjacent to an activating group) is 2. The maximum absolute atomic E-state index is 15.1. The number of ether oxygens (including phenoxy) is 3. The number of likely N-dealkylation sites (tertiary alicyclic amines) is 1. The van der Waals surface area contributed by atoms with Crippen molar-refractivity contribution in [2.75, 3.05) is 41.4 Å². The number of carbonyl (C=O) groups is 8. The van der Waals surface area contributed by atoms with E-state index in [-0.39, 0.29) is 37.5 Å². The van der Waals surface area contributed by atoms with E-state index in [0.29, 0.717) is 70.8 Å². The molecule has 0 spiro atoms. The molecule has 0 aliphatic carbocycles. The second kappa shape index (κ2) is 26.5. The molecular formula is C57H71ClN8O11. The molecule has 6 atom stereocenters. The van der Waals surface area contributed by atoms with E-state index in [9.17, 15) is 33.6 Å². The minimum absolute atomic E-state index is 0.0451. The number of hydrogen-bond acceptors (Lipinski definition) is 11. The topological polar surface area (TPSA) is 243 Å². The van der Waals surface area contributed by atoms with Crippen LogP contribution in [0.15, 0.2) is 84.9 Å². The highest BCUT2D eigenvalue weighted by Gasteiger charge is 2.39. The number of nitrogens with one attached hydrogen (secondary N) is 6. The quantitative estimate of drug-likeness (QED) is 0.0711. The van der Waals surface area contributed by atoms with Gasteiger partial charge in [-0.15, -0.1) is 0 Å². The first-order valence-electron chi connectivity index (χ1n) is 25.8. The van der Waals surface area contributed by atoms with Crippen LogP contribution in [0.25, 0.3) is 22.3 Å². The zero-order valence-corrected chi connectivity index (χ0v) is 45.9. The standard InChI is InChI=1S/C57H71ClN8O11/c1-33-49(67)64-45(51(69)62-34(2)54(72)66-28-12-14-46(66)52(70)59-6)30-35-15-26-47(76-9)43(29-35)42-31-39(20-21-40(42)32-75-8)48(53(71)61-33)65(7)55(73)44(13-10-11-27-60-56(74)77-57(3,4)5)63-50(68)38-18-16-36(17-19-38)37-22-24-41(58)25-23-37/h15-26,29,31,33-34,44-46,48H,10-14,27-28,30,32H2,1-9H3,(H,59,70)(H,60,74)(H,61,71)(H,62,69)(H,63,68)(H,64,67). The van der Waals surface area contributed by atoms with Gasteiger partial charge in [-0.1, -0.05) is 54.1 Å². The first-order chi connectivity index (χ1) is 36.6. The Labute approximate surface area is 454 Å². The normalized spacial score (nSPS) is 18.3. The van der Waals surface area contributed by atoms with Crippen LogP contribution in [0.5, 0.6) is 5.75 Å². The maximum atomic E-state index is 15.1. The number of amides is 8. The van der Waals surface area contributed by atoms with Crippen molar-refractivity contribution in [2.45, 2.75) is 122 Å². The fourth-order valence-corrected chi connectivity index (χ4v) is 9.57. The van der Waals surface area contributed by atoms with E-state index < -0.39 is 83.4 Å². The third-order valence-corrected chi connectivity index (χ3v) is 13.7. The molecule has 4 aromatic carbocycles. The Morgan fingerprint density at radius 2 is 1.53 bits per heavy atom. The average molecular weight is 1080 g/mol. The summed E-state index contributed by atoms with van der Waals surface area (Å²) in [6.07, 6.45) is 1.31. The fraction of sp³-hybridized carbons (Fsp3) is 0.439. The van der Waals surface area contributed by atoms with Gasteiger partial charge in [0.1, 0.15) is 47.6 Å². The van der Waals surface area contributed by atoms with E-state index in [4.69, 9.17) is 25.8 Å². The summed E-state index contributed by atoms with van der Waals surface area (Å²) in [6.45, 7) is 8.90. The number of halogens is 1. The van der Waals surface area contributed by atoms with Crippen LogP contribution in [-0.2, 0) is 51.3 Å². The third kappa shape index (κ3) is 15.3. The molecule has 0 radical (unpaired) electrons. The van der Waals surface area contributed by atoms with Crippen LogP contribution in [0.2, 0.25) is 5.02 Å². The number of hydrogen-bond donors (Lipinski definition) is 6. The lowest BCUT2D eigenvalue weighted by Gasteiger charge is -2.33. The van der Waals surface area contributed by atoms with Gasteiger partial charge in [0.25, 0.3) is 5.91 Å². The van der Waals surface area contributed by atoms with Gasteiger partial charge in [-0.05, 0) is 143 Å². The maximum Gasteiger partial charge on any atom is 0.407 e. The van der Waals surface area contributed by atoms with Crippen molar-refractivity contribution in [1.29, 1.82) is 0 Å². The zero-order valence-electron chi connectivity index (χ0n) is 45.2. The Hall–Kier alpha value is -7.51. The summed E-state index contributed by atoms with van der Waals surface area (Å²) in [5.74, 6) is -3.70. The monoisotopic (exact) mass is 1080 g/mol. The first-order valence-corrected chi connectivity index (χ1v) is 26.1. The largest absolute Gasteiger partial charge is 0.496 e. The highest BCUT2D eigenvalue weighted by atomic mass is 35.5. The molecule has 6 unspecified atom stereocenters. The van der Waals surface area contributed by atoms with E-state index in [1.54, 1.807) is 93.6 Å². The van der Waals surface area contributed by atoms with Crippen molar-refractivity contribution in [3.63, 3.8) is 0 Å². The number of carbonyl (C=O) groups excluding carboxylic acids is 8. The molecule has 77 heavy (non-hydrogen) atoms. The van der Waals surface area contributed by atoms with Gasteiger partial charge in [-0.3, -0.25) is 33.6 Å². The van der Waals surface area contributed by atoms with Crippen molar-refractivity contribution >= 4 is 59.0 Å². The van der Waals surface area contributed by atoms with Gasteiger partial charge in [-0.2, -0.15) is 0 Å². The van der Waals surface area contributed by atoms with Gasteiger partial charge in [-0.25, -0.2) is 4.79 Å². The molecule has 2 aliphatic rings. The number of alkyl carbamates (subject to hydrolysis) is 1. The molecule has 6 N–H and O–H groups in total. The first kappa shape index (κ1) is 58.7. The van der Waals surface area contributed by atoms with Crippen LogP contribution in [0.3, 0.4) is 0 Å². The molecule has 2 heterocycles. The van der Waals surface area contributed by atoms with Crippen LogP contribution in [0.1, 0.15) is 99.8 Å². The lowest BCUT2D eigenvalue weighted by molar-refractivity contribution is -0.142. The van der Waals surface area contributed by atoms with Gasteiger partial charge < -0.3 is 55.9 Å². The van der Waals surface area contributed by atoms with Gasteiger partial charge in [0.05, 0.1) is 13.7 Å². The second-order valence-electron chi connectivity index (χ2n) is 20.3. The Morgan fingerprint density at radius 1 is 0.844 bits per heavy atom. The van der Waals surface area contributed by atoms with Crippen molar-refractivity contribution < 1.29 is 52.6 Å². The van der Waals surface area contributed by atoms with Crippen molar-refractivity contribution in [3.8, 4) is 28.0 Å². The van der Waals surface area contributed by atoms with Gasteiger partial charge >= 0.3 is 6.09 Å². The lowest BCUT2D eigenvalue weighted by Crippen LogP contribution is -2.58. The highest BCUT2D eigenvalue weighted by Crippen LogP contribution is 2.37. The molecule has 20 heteroatoms. The molecule has 6 rings (SSSR count). The number of unbranched alkanes of at least 4 members (excludes halogenated alkanes) is 1. The minimum atomic E-state index is -1.41. The predicted octanol–water partition coefficient (Wildman–Crippen LogP) is 5.61. The Bertz CT molecular complexity index is 2800. The molecule has 19 nitrogen and oxygen atoms in total. The summed E-state index contributed by atoms with van der Waals surface area (Å²) in [4.78, 5) is 114. The molecule has 412 valence electrons. The fourth-order valence-electron chi connectivity index (χ4n) is 9.44. The summed E-state index contributed by atoms with van der Waals surface area (Å²) in [6, 6.07) is 17.7. The van der Waals surface area contributed by atoms with Crippen LogP contribution >= 0.6 is 11.6 Å². The highest BCUT2D eigenvalue weighted by molar-refractivity contribution is 6.30. The predicted molar refractivity (Wildman–Crippen MR) is 291 cm³/mol. The molecule has 2 aliphatic heterocycles. The van der Waals surface area contributed by atoms with Gasteiger partial charge in [0.2, 0.25) is 35.4 Å². The van der Waals surface area contributed by atoms with Crippen LogP contribution in [0, 0.1) is 0 Å². The van der Waals surface area contributed by atoms with Crippen molar-refractivity contribution in [2.24, 2.45) is 0 Å². The van der Waals surface area contributed by atoms with E-state index in [1.807, 2.05) is 12.1 Å². The average Bonchev–Trinajstić information content (AvgIpc) is 3.90. The summed E-state index contributed by atoms with van der Waals surface area (Å²) in [7, 11) is 5.98. The molecule has 1 saturated heterocycles. The lowest BCUT2D eigenvalue weighted by atomic mass is 9.91. The molecule has 8 amide bonds. The number of nitrogens with zero attached hydrogens (tertiary/aromatic N) is 2. The number of fused-ring (bicyclic) bond motifs is 5. The van der Waals surface area contributed by atoms with Crippen molar-refractivity contribution in [3.05, 3.63) is 112 Å². The Kier molecular flexibility index (Phi) is 20.2. The summed E-state index contributed by atoms with van der Waals surface area (Å²) in [5, 5.41) is 17.1. The van der Waals surface area contributed by atoms with Crippen LogP contribution in [0.4, 0.5) is 4.79 Å². The van der Waals surface area contributed by atoms with Gasteiger partial charge in [0.15, 0.2) is 0 Å². The molecule has 0 aromatic heterocycles. The number of methoxy groups -OCH3 is 2. The van der Waals surface area contributed by atoms with Crippen molar-refractivity contribution in [1.82, 2.24) is 41.7 Å². The van der Waals surface area contributed by atoms with E-state index in [1.165, 1.54) is 52.0 Å². The summed E-state index contributed by atoms with van der Waals surface area (Å²) < 4.78 is 16.9. The zero-order chi connectivity index (χ0) is 56.1. The summed E-state index contributed by atoms with van der Waals surface area (Å²) >= 11 is 6.11. The second-order valence-corrected chi connectivity index (χ2v) is 20.7. The SMILES string of the molecule is CNC(=O)C1CCCN1C(=O)C(C)NC(=O)C1Cc2ccc(OC)c(c2)-c2cc(ccc2COC)C(N(C)C(=O)C(CCCCNC(=O)OC(C)(C)C)NC(=O)c2ccc(-c3ccc(Cl)cc3)cc2)C(=O)NC(C)C(=O)N1. The third-order valence-electron chi connectivity index (χ3n) is 13.4. The van der Waals surface area contributed by atoms with Crippen LogP contribution < -0.4 is 36.6 Å². The molecule has 1 fully saturated rings. The summed E-state index contributed by atoms with van der Waals surface area (Å²) in [5.41, 5.74) is 4.06. The van der Waals surface area contributed by atoms with E-state index in [0.717, 1.165) is 11.1 Å². The van der Waals surface area contributed by atoms with Crippen LogP contribution in [-0.4, -0.2) is 134 Å². The van der Waals surface area contributed by atoms with Gasteiger partial charge in [0, 0.05) is 56.9 Å². The minimum Gasteiger partial charge on any atom is -0.496 e. The number of benzene rings is 4. The molecule has 4 aromatic rings. The smallest absolute Gasteiger partial charge is 0.407 e. The molecule has 0 saturated carbocycles. The Balaban J connectivity index is 1.34. The number of rotatable bonds is 17. The molecular weight excluding hydrogens is 1010 g/mol. The van der Waals surface area contributed by atoms with E-state index in [2.05, 4.69) is 31.9 Å². The Morgan fingerprint density at radius 3 is 2.18 bits per heavy atom.